The number of aromatic nitrogens is 3. The van der Waals surface area contributed by atoms with E-state index in [4.69, 9.17) is 15.2 Å². The van der Waals surface area contributed by atoms with Crippen molar-refractivity contribution in [1.29, 1.82) is 0 Å². The number of carbonyl (C=O) groups excluding carboxylic acids is 2. The maximum atomic E-state index is 12.1. The van der Waals surface area contributed by atoms with Crippen LogP contribution in [-0.4, -0.2) is 38.7 Å². The lowest BCUT2D eigenvalue weighted by atomic mass is 10.2. The van der Waals surface area contributed by atoms with Gasteiger partial charge in [-0.05, 0) is 24.6 Å². The summed E-state index contributed by atoms with van der Waals surface area (Å²) in [4.78, 5) is 23.1. The Morgan fingerprint density at radius 3 is 2.70 bits per heavy atom. The highest BCUT2D eigenvalue weighted by Gasteiger charge is 2.22. The minimum absolute atomic E-state index is 0.203. The van der Waals surface area contributed by atoms with Crippen LogP contribution in [0.25, 0.3) is 11.4 Å². The highest BCUT2D eigenvalue weighted by atomic mass is 32.2. The zero-order valence-electron chi connectivity index (χ0n) is 16.1. The molecule has 0 spiro atoms. The highest BCUT2D eigenvalue weighted by molar-refractivity contribution is 8.00. The first-order valence-corrected chi connectivity index (χ1v) is 10.0. The lowest BCUT2D eigenvalue weighted by Crippen LogP contribution is -2.39. The van der Waals surface area contributed by atoms with Gasteiger partial charge in [-0.2, -0.15) is 0 Å². The number of fused-ring (bicyclic) bond motifs is 1. The smallest absolute Gasteiger partial charge is 0.318 e. The monoisotopic (exact) mass is 425 g/mol. The van der Waals surface area contributed by atoms with E-state index in [0.717, 1.165) is 11.1 Å². The van der Waals surface area contributed by atoms with E-state index in [9.17, 15) is 9.59 Å². The van der Waals surface area contributed by atoms with Crippen molar-refractivity contribution < 1.29 is 19.1 Å². The van der Waals surface area contributed by atoms with E-state index in [1.165, 1.54) is 11.8 Å². The van der Waals surface area contributed by atoms with Gasteiger partial charge in [-0.1, -0.05) is 48.2 Å². The van der Waals surface area contributed by atoms with Gasteiger partial charge < -0.3 is 15.2 Å². The second kappa shape index (κ2) is 8.46. The van der Waals surface area contributed by atoms with E-state index in [1.807, 2.05) is 53.1 Å². The molecule has 10 heteroatoms. The van der Waals surface area contributed by atoms with E-state index >= 15 is 0 Å². The summed E-state index contributed by atoms with van der Waals surface area (Å²) in [6, 6.07) is 14.5. The number of rotatable bonds is 6. The van der Waals surface area contributed by atoms with Crippen LogP contribution in [-0.2, 0) is 11.3 Å². The molecule has 2 aromatic carbocycles. The SMILES string of the molecule is CC(Sc1nnc(-c2ccccc2)n1Cc1ccc2c(c1)OCO2)C(=O)NC(N)=O. The summed E-state index contributed by atoms with van der Waals surface area (Å²) in [6.45, 7) is 2.33. The van der Waals surface area contributed by atoms with Crippen LogP contribution in [0.3, 0.4) is 0 Å². The lowest BCUT2D eigenvalue weighted by Gasteiger charge is -2.13. The van der Waals surface area contributed by atoms with Gasteiger partial charge >= 0.3 is 6.03 Å². The van der Waals surface area contributed by atoms with E-state index in [-0.39, 0.29) is 6.79 Å². The van der Waals surface area contributed by atoms with Crippen LogP contribution in [0.5, 0.6) is 11.5 Å². The number of nitrogens with two attached hydrogens (primary N) is 1. The summed E-state index contributed by atoms with van der Waals surface area (Å²) in [6.07, 6.45) is 0. The normalized spacial score (nSPS) is 13.1. The number of carbonyl (C=O) groups is 2. The number of nitrogens with zero attached hydrogens (tertiary/aromatic N) is 3. The summed E-state index contributed by atoms with van der Waals surface area (Å²) in [7, 11) is 0. The Kier molecular flexibility index (Phi) is 5.57. The molecule has 4 rings (SSSR count). The van der Waals surface area contributed by atoms with Crippen molar-refractivity contribution in [1.82, 2.24) is 20.1 Å². The number of benzene rings is 2. The molecule has 0 radical (unpaired) electrons. The van der Waals surface area contributed by atoms with Gasteiger partial charge in [0.05, 0.1) is 11.8 Å². The summed E-state index contributed by atoms with van der Waals surface area (Å²) in [5.41, 5.74) is 6.91. The fourth-order valence-electron chi connectivity index (χ4n) is 2.98. The standard InChI is InChI=1S/C20H19N5O4S/c1-12(18(26)22-19(21)27)30-20-24-23-17(14-5-3-2-4-6-14)25(20)10-13-7-8-15-16(9-13)29-11-28-15/h2-9,12H,10-11H2,1H3,(H3,21,22,26,27). The van der Waals surface area contributed by atoms with Crippen molar-refractivity contribution >= 4 is 23.7 Å². The Morgan fingerprint density at radius 1 is 1.17 bits per heavy atom. The maximum absolute atomic E-state index is 12.1. The summed E-state index contributed by atoms with van der Waals surface area (Å²) >= 11 is 1.19. The Morgan fingerprint density at radius 2 is 1.93 bits per heavy atom. The minimum atomic E-state index is -0.890. The zero-order chi connectivity index (χ0) is 21.1. The van der Waals surface area contributed by atoms with Gasteiger partial charge in [-0.15, -0.1) is 10.2 Å². The zero-order valence-corrected chi connectivity index (χ0v) is 16.9. The fraction of sp³-hybridized carbons (Fsp3) is 0.200. The molecule has 154 valence electrons. The van der Waals surface area contributed by atoms with E-state index < -0.39 is 17.2 Å². The van der Waals surface area contributed by atoms with Crippen molar-refractivity contribution in [3.63, 3.8) is 0 Å². The summed E-state index contributed by atoms with van der Waals surface area (Å²) in [5.74, 6) is 1.56. The fourth-order valence-corrected chi connectivity index (χ4v) is 3.82. The molecular formula is C20H19N5O4S. The van der Waals surface area contributed by atoms with Crippen molar-refractivity contribution in [3.05, 3.63) is 54.1 Å². The second-order valence-electron chi connectivity index (χ2n) is 6.56. The Labute approximate surface area is 176 Å². The number of urea groups is 1. The molecule has 3 amide bonds. The molecule has 3 aromatic rings. The molecule has 3 N–H and O–H groups in total. The van der Waals surface area contributed by atoms with E-state index in [0.29, 0.717) is 29.0 Å². The molecule has 1 unspecified atom stereocenters. The Balaban J connectivity index is 1.66. The van der Waals surface area contributed by atoms with E-state index in [2.05, 4.69) is 15.5 Å². The van der Waals surface area contributed by atoms with Gasteiger partial charge in [0.15, 0.2) is 22.5 Å². The summed E-state index contributed by atoms with van der Waals surface area (Å²) in [5, 5.41) is 10.7. The van der Waals surface area contributed by atoms with Crippen molar-refractivity contribution in [3.8, 4) is 22.9 Å². The average Bonchev–Trinajstić information content (AvgIpc) is 3.35. The molecule has 0 fully saturated rings. The van der Waals surface area contributed by atoms with Gasteiger partial charge in [-0.3, -0.25) is 14.7 Å². The van der Waals surface area contributed by atoms with Gasteiger partial charge in [0.2, 0.25) is 12.7 Å². The molecule has 1 aliphatic heterocycles. The number of primary amides is 1. The molecule has 1 aromatic heterocycles. The highest BCUT2D eigenvalue weighted by Crippen LogP contribution is 2.34. The molecule has 0 saturated heterocycles. The second-order valence-corrected chi connectivity index (χ2v) is 7.87. The molecule has 1 atom stereocenters. The van der Waals surface area contributed by atoms with Crippen LogP contribution in [0.4, 0.5) is 4.79 Å². The molecule has 2 heterocycles. The van der Waals surface area contributed by atoms with Crippen LogP contribution >= 0.6 is 11.8 Å². The predicted octanol–water partition coefficient (Wildman–Crippen LogP) is 2.40. The quantitative estimate of drug-likeness (QED) is 0.582. The average molecular weight is 425 g/mol. The number of hydrogen-bond donors (Lipinski definition) is 2. The van der Waals surface area contributed by atoms with Gasteiger partial charge in [0.1, 0.15) is 0 Å². The molecular weight excluding hydrogens is 406 g/mol. The number of thioether (sulfide) groups is 1. The molecule has 9 nitrogen and oxygen atoms in total. The van der Waals surface area contributed by atoms with Crippen molar-refractivity contribution in [2.24, 2.45) is 5.73 Å². The van der Waals surface area contributed by atoms with Crippen LogP contribution < -0.4 is 20.5 Å². The number of imide groups is 1. The first-order chi connectivity index (χ1) is 14.5. The molecule has 0 saturated carbocycles. The predicted molar refractivity (Wildman–Crippen MR) is 110 cm³/mol. The molecule has 0 aliphatic carbocycles. The van der Waals surface area contributed by atoms with Crippen molar-refractivity contribution in [2.45, 2.75) is 23.9 Å². The number of amides is 3. The topological polar surface area (TPSA) is 121 Å². The molecule has 30 heavy (non-hydrogen) atoms. The van der Waals surface area contributed by atoms with Crippen molar-refractivity contribution in [2.75, 3.05) is 6.79 Å². The minimum Gasteiger partial charge on any atom is -0.454 e. The third-order valence-electron chi connectivity index (χ3n) is 4.42. The Hall–Kier alpha value is -3.53. The first kappa shape index (κ1) is 19.8. The first-order valence-electron chi connectivity index (χ1n) is 9.15. The molecule has 1 aliphatic rings. The van der Waals surface area contributed by atoms with Crippen LogP contribution in [0.1, 0.15) is 12.5 Å². The maximum Gasteiger partial charge on any atom is 0.318 e. The largest absolute Gasteiger partial charge is 0.454 e. The van der Waals surface area contributed by atoms with Gasteiger partial charge in [0, 0.05) is 5.56 Å². The van der Waals surface area contributed by atoms with Crippen LogP contribution in [0.15, 0.2) is 53.7 Å². The summed E-state index contributed by atoms with van der Waals surface area (Å²) < 4.78 is 12.8. The number of hydrogen-bond acceptors (Lipinski definition) is 7. The molecule has 0 bridgehead atoms. The lowest BCUT2D eigenvalue weighted by molar-refractivity contribution is -0.119. The third kappa shape index (κ3) is 4.23. The van der Waals surface area contributed by atoms with Crippen LogP contribution in [0, 0.1) is 0 Å². The van der Waals surface area contributed by atoms with Gasteiger partial charge in [0.25, 0.3) is 0 Å². The van der Waals surface area contributed by atoms with Gasteiger partial charge in [-0.25, -0.2) is 4.79 Å². The third-order valence-corrected chi connectivity index (χ3v) is 5.50. The van der Waals surface area contributed by atoms with E-state index in [1.54, 1.807) is 6.92 Å². The number of nitrogens with one attached hydrogen (secondary N) is 1. The Bertz CT molecular complexity index is 1090. The van der Waals surface area contributed by atoms with Crippen LogP contribution in [0.2, 0.25) is 0 Å². The number of ether oxygens (including phenoxy) is 2.